The van der Waals surface area contributed by atoms with Crippen molar-refractivity contribution < 1.29 is 42.8 Å². The Bertz CT molecular complexity index is 1250. The highest BCUT2D eigenvalue weighted by Gasteiger charge is 2.31. The maximum atomic E-state index is 13.2. The van der Waals surface area contributed by atoms with E-state index in [0.29, 0.717) is 11.3 Å². The number of fused-ring (bicyclic) bond motifs is 1. The molecule has 0 aliphatic heterocycles. The average Bonchev–Trinajstić information content (AvgIpc) is 2.76. The lowest BCUT2D eigenvalue weighted by atomic mass is 10.1. The maximum absolute atomic E-state index is 13.2. The molecular formula is C22H20O10. The van der Waals surface area contributed by atoms with E-state index in [-0.39, 0.29) is 34.0 Å². The normalized spacial score (nSPS) is 10.5. The Morgan fingerprint density at radius 3 is 1.88 bits per heavy atom. The molecule has 0 saturated carbocycles. The summed E-state index contributed by atoms with van der Waals surface area (Å²) in [5, 5.41) is 10.3. The fraction of sp³-hybridized carbons (Fsp3) is 0.227. The van der Waals surface area contributed by atoms with Crippen LogP contribution in [0.4, 0.5) is 0 Å². The number of methoxy groups -OCH3 is 3. The zero-order valence-corrected chi connectivity index (χ0v) is 17.9. The molecule has 2 aromatic carbocycles. The molecular weight excluding hydrogens is 424 g/mol. The second-order valence-electron chi connectivity index (χ2n) is 6.45. The van der Waals surface area contributed by atoms with E-state index in [2.05, 4.69) is 0 Å². The van der Waals surface area contributed by atoms with E-state index in [9.17, 15) is 19.5 Å². The Morgan fingerprint density at radius 1 is 0.812 bits per heavy atom. The molecule has 3 rings (SSSR count). The molecule has 32 heavy (non-hydrogen) atoms. The summed E-state index contributed by atoms with van der Waals surface area (Å²) in [6.07, 6.45) is 0. The van der Waals surface area contributed by atoms with E-state index < -0.39 is 28.9 Å². The molecule has 1 heterocycles. The molecule has 0 bridgehead atoms. The Balaban J connectivity index is 2.48. The van der Waals surface area contributed by atoms with E-state index in [1.807, 2.05) is 0 Å². The van der Waals surface area contributed by atoms with Gasteiger partial charge in [0.15, 0.2) is 17.1 Å². The van der Waals surface area contributed by atoms with Crippen molar-refractivity contribution in [1.82, 2.24) is 0 Å². The van der Waals surface area contributed by atoms with Crippen LogP contribution in [0, 0.1) is 0 Å². The van der Waals surface area contributed by atoms with Crippen LogP contribution in [0.25, 0.3) is 22.3 Å². The smallest absolute Gasteiger partial charge is 0.308 e. The van der Waals surface area contributed by atoms with E-state index in [0.717, 1.165) is 13.8 Å². The number of carbonyl (C=O) groups is 2. The van der Waals surface area contributed by atoms with Gasteiger partial charge in [-0.05, 0) is 24.3 Å². The average molecular weight is 444 g/mol. The van der Waals surface area contributed by atoms with Crippen molar-refractivity contribution in [2.75, 3.05) is 21.3 Å². The van der Waals surface area contributed by atoms with Gasteiger partial charge in [-0.15, -0.1) is 0 Å². The highest BCUT2D eigenvalue weighted by molar-refractivity contribution is 5.99. The molecule has 0 fully saturated rings. The quantitative estimate of drug-likeness (QED) is 0.447. The van der Waals surface area contributed by atoms with E-state index in [1.54, 1.807) is 24.3 Å². The minimum atomic E-state index is -0.942. The van der Waals surface area contributed by atoms with Gasteiger partial charge >= 0.3 is 11.9 Å². The molecule has 3 aromatic rings. The molecule has 0 aliphatic rings. The van der Waals surface area contributed by atoms with Crippen molar-refractivity contribution in [3.05, 3.63) is 34.5 Å². The lowest BCUT2D eigenvalue weighted by Gasteiger charge is -2.18. The molecule has 0 aliphatic carbocycles. The van der Waals surface area contributed by atoms with Gasteiger partial charge < -0.3 is 33.2 Å². The second kappa shape index (κ2) is 8.88. The largest absolute Gasteiger partial charge is 0.502 e. The predicted octanol–water partition coefficient (Wildman–Crippen LogP) is 3.04. The third kappa shape index (κ3) is 3.89. The van der Waals surface area contributed by atoms with Gasteiger partial charge in [-0.3, -0.25) is 14.4 Å². The van der Waals surface area contributed by atoms with Gasteiger partial charge in [-0.1, -0.05) is 0 Å². The number of hydrogen-bond acceptors (Lipinski definition) is 10. The summed E-state index contributed by atoms with van der Waals surface area (Å²) in [6.45, 7) is 2.20. The van der Waals surface area contributed by atoms with Gasteiger partial charge in [0, 0.05) is 19.4 Å². The first-order chi connectivity index (χ1) is 15.2. The van der Waals surface area contributed by atoms with Crippen molar-refractivity contribution in [3.63, 3.8) is 0 Å². The summed E-state index contributed by atoms with van der Waals surface area (Å²) in [5.74, 6) is -3.04. The van der Waals surface area contributed by atoms with Crippen molar-refractivity contribution in [1.29, 1.82) is 0 Å². The van der Waals surface area contributed by atoms with Crippen molar-refractivity contribution in [3.8, 4) is 45.8 Å². The lowest BCUT2D eigenvalue weighted by molar-refractivity contribution is -0.134. The van der Waals surface area contributed by atoms with Gasteiger partial charge in [-0.2, -0.15) is 0 Å². The minimum Gasteiger partial charge on any atom is -0.502 e. The number of benzene rings is 2. The van der Waals surface area contributed by atoms with Crippen LogP contribution in [0.5, 0.6) is 34.5 Å². The molecule has 0 amide bonds. The summed E-state index contributed by atoms with van der Waals surface area (Å²) in [4.78, 5) is 36.6. The monoisotopic (exact) mass is 444 g/mol. The number of ether oxygens (including phenoxy) is 5. The Labute approximate surface area is 181 Å². The molecule has 0 atom stereocenters. The van der Waals surface area contributed by atoms with Gasteiger partial charge in [0.25, 0.3) is 0 Å². The third-order valence-electron chi connectivity index (χ3n) is 4.39. The fourth-order valence-corrected chi connectivity index (χ4v) is 3.10. The number of esters is 2. The summed E-state index contributed by atoms with van der Waals surface area (Å²) < 4.78 is 32.0. The Morgan fingerprint density at radius 2 is 1.38 bits per heavy atom. The maximum Gasteiger partial charge on any atom is 0.308 e. The van der Waals surface area contributed by atoms with Crippen molar-refractivity contribution >= 4 is 22.9 Å². The first-order valence-corrected chi connectivity index (χ1v) is 9.22. The number of rotatable bonds is 6. The summed E-state index contributed by atoms with van der Waals surface area (Å²) in [6, 6.07) is 6.38. The SMILES string of the molecule is COc1ccc(-c2oc3c(OC)c(OC)c(OC(C)=O)c(OC(C)=O)c3c(=O)c2O)cc1. The molecule has 1 aromatic heterocycles. The third-order valence-corrected chi connectivity index (χ3v) is 4.39. The topological polar surface area (TPSA) is 131 Å². The minimum absolute atomic E-state index is 0.110. The standard InChI is InChI=1S/C22H20O10/c1-10(23)30-19-14-15(25)16(26)17(12-6-8-13(27-3)9-7-12)32-18(14)20(28-4)21(29-5)22(19)31-11(2)24/h6-9,26H,1-5H3. The fourth-order valence-electron chi connectivity index (χ4n) is 3.10. The van der Waals surface area contributed by atoms with Gasteiger partial charge in [0.1, 0.15) is 11.1 Å². The van der Waals surface area contributed by atoms with Crippen molar-refractivity contribution in [2.24, 2.45) is 0 Å². The predicted molar refractivity (Wildman–Crippen MR) is 112 cm³/mol. The molecule has 0 saturated heterocycles. The van der Waals surface area contributed by atoms with Crippen LogP contribution >= 0.6 is 0 Å². The van der Waals surface area contributed by atoms with E-state index in [4.69, 9.17) is 28.1 Å². The van der Waals surface area contributed by atoms with E-state index >= 15 is 0 Å². The molecule has 10 heteroatoms. The zero-order chi connectivity index (χ0) is 23.6. The molecule has 1 N–H and O–H groups in total. The number of aromatic hydroxyl groups is 1. The summed E-state index contributed by atoms with van der Waals surface area (Å²) >= 11 is 0. The van der Waals surface area contributed by atoms with Crippen LogP contribution in [-0.4, -0.2) is 38.4 Å². The van der Waals surface area contributed by atoms with Crippen LogP contribution in [0.1, 0.15) is 13.8 Å². The van der Waals surface area contributed by atoms with Crippen LogP contribution in [0.2, 0.25) is 0 Å². The highest BCUT2D eigenvalue weighted by atomic mass is 16.6. The molecule has 168 valence electrons. The zero-order valence-electron chi connectivity index (χ0n) is 17.9. The van der Waals surface area contributed by atoms with Gasteiger partial charge in [-0.25, -0.2) is 0 Å². The Kier molecular flexibility index (Phi) is 6.24. The molecule has 10 nitrogen and oxygen atoms in total. The lowest BCUT2D eigenvalue weighted by Crippen LogP contribution is -2.13. The van der Waals surface area contributed by atoms with Crippen LogP contribution in [-0.2, 0) is 9.59 Å². The van der Waals surface area contributed by atoms with Gasteiger partial charge in [0.05, 0.1) is 21.3 Å². The van der Waals surface area contributed by atoms with Gasteiger partial charge in [0.2, 0.25) is 28.4 Å². The van der Waals surface area contributed by atoms with Crippen LogP contribution in [0.3, 0.4) is 0 Å². The number of hydrogen-bond donors (Lipinski definition) is 1. The summed E-state index contributed by atoms with van der Waals surface area (Å²) in [5.41, 5.74) is -0.769. The van der Waals surface area contributed by atoms with Crippen molar-refractivity contribution in [2.45, 2.75) is 13.8 Å². The van der Waals surface area contributed by atoms with Crippen LogP contribution < -0.4 is 29.1 Å². The van der Waals surface area contributed by atoms with E-state index in [1.165, 1.54) is 21.3 Å². The van der Waals surface area contributed by atoms with Crippen LogP contribution in [0.15, 0.2) is 33.5 Å². The first-order valence-electron chi connectivity index (χ1n) is 9.22. The molecule has 0 unspecified atom stereocenters. The number of carbonyl (C=O) groups excluding carboxylic acids is 2. The first kappa shape index (κ1) is 22.5. The highest BCUT2D eigenvalue weighted by Crippen LogP contribution is 2.51. The molecule has 0 spiro atoms. The molecule has 0 radical (unpaired) electrons. The second-order valence-corrected chi connectivity index (χ2v) is 6.45. The Hall–Kier alpha value is -4.21. The summed E-state index contributed by atoms with van der Waals surface area (Å²) in [7, 11) is 4.04.